The van der Waals surface area contributed by atoms with E-state index in [1.54, 1.807) is 31.2 Å². The summed E-state index contributed by atoms with van der Waals surface area (Å²) in [5.41, 5.74) is 0.388. The summed E-state index contributed by atoms with van der Waals surface area (Å²) < 4.78 is 72.9. The van der Waals surface area contributed by atoms with E-state index in [9.17, 15) is 31.5 Å². The van der Waals surface area contributed by atoms with Crippen LogP contribution in [0.25, 0.3) is 11.1 Å². The van der Waals surface area contributed by atoms with Crippen LogP contribution in [0.2, 0.25) is 5.02 Å². The highest BCUT2D eigenvalue weighted by Crippen LogP contribution is 2.40. The largest absolute Gasteiger partial charge is 0.405 e. The van der Waals surface area contributed by atoms with E-state index >= 15 is 0 Å². The Morgan fingerprint density at radius 2 is 1.87 bits per heavy atom. The highest BCUT2D eigenvalue weighted by Gasteiger charge is 2.54. The lowest BCUT2D eigenvalue weighted by Crippen LogP contribution is -2.73. The van der Waals surface area contributed by atoms with Crippen LogP contribution in [0.3, 0.4) is 0 Å². The monoisotopic (exact) mass is 571 g/mol. The van der Waals surface area contributed by atoms with Crippen LogP contribution in [-0.4, -0.2) is 92.7 Å². The van der Waals surface area contributed by atoms with Crippen molar-refractivity contribution in [1.29, 1.82) is 0 Å². The molecule has 0 spiro atoms. The van der Waals surface area contributed by atoms with E-state index in [0.29, 0.717) is 5.56 Å². The van der Waals surface area contributed by atoms with Crippen molar-refractivity contribution in [2.24, 2.45) is 0 Å². The second-order valence-corrected chi connectivity index (χ2v) is 10.6. The quantitative estimate of drug-likeness (QED) is 0.407. The van der Waals surface area contributed by atoms with Crippen molar-refractivity contribution >= 4 is 23.4 Å². The standard InChI is InChI=1S/C26H27ClF5N5O2/c1-3-21(38)36-13-19(15(36)2)35-11-10-34(14-20(35)26(30,31)32)24(39)23-22(16-6-4-5-7-17(16)27)18-12-25(28,29)8-9-37(18)33-23/h3-7,15,19-20H,1,8-14H2,2H3/t15-,19-,20+/m1/s1. The lowest BCUT2D eigenvalue weighted by molar-refractivity contribution is -0.212. The van der Waals surface area contributed by atoms with Gasteiger partial charge in [-0.3, -0.25) is 19.2 Å². The Bertz CT molecular complexity index is 1310. The number of likely N-dealkylation sites (tertiary alicyclic amines) is 1. The van der Waals surface area contributed by atoms with Gasteiger partial charge in [-0.25, -0.2) is 8.78 Å². The maximum absolute atomic E-state index is 14.4. The molecule has 5 rings (SSSR count). The van der Waals surface area contributed by atoms with Crippen LogP contribution >= 0.6 is 11.6 Å². The van der Waals surface area contributed by atoms with Gasteiger partial charge in [-0.1, -0.05) is 36.4 Å². The first kappa shape index (κ1) is 27.6. The third-order valence-corrected chi connectivity index (χ3v) is 8.25. The smallest absolute Gasteiger partial charge is 0.334 e. The van der Waals surface area contributed by atoms with Crippen LogP contribution in [0.4, 0.5) is 22.0 Å². The van der Waals surface area contributed by atoms with Crippen molar-refractivity contribution in [3.05, 3.63) is 53.3 Å². The molecular formula is C26H27ClF5N5O2. The molecular weight excluding hydrogens is 545 g/mol. The normalized spacial score (nSPS) is 25.2. The number of alkyl halides is 5. The average Bonchev–Trinajstić information content (AvgIpc) is 3.24. The maximum atomic E-state index is 14.4. The van der Waals surface area contributed by atoms with Gasteiger partial charge in [0.1, 0.15) is 6.04 Å². The van der Waals surface area contributed by atoms with Gasteiger partial charge in [-0.15, -0.1) is 0 Å². The van der Waals surface area contributed by atoms with Gasteiger partial charge in [0.2, 0.25) is 5.91 Å². The Morgan fingerprint density at radius 1 is 1.15 bits per heavy atom. The number of hydrogen-bond acceptors (Lipinski definition) is 4. The van der Waals surface area contributed by atoms with Gasteiger partial charge in [0, 0.05) is 67.4 Å². The van der Waals surface area contributed by atoms with Gasteiger partial charge >= 0.3 is 6.18 Å². The Labute approximate surface area is 226 Å². The van der Waals surface area contributed by atoms with Crippen molar-refractivity contribution < 1.29 is 31.5 Å². The molecule has 3 aliphatic heterocycles. The average molecular weight is 572 g/mol. The molecule has 2 saturated heterocycles. The summed E-state index contributed by atoms with van der Waals surface area (Å²) in [4.78, 5) is 29.5. The molecule has 1 aromatic heterocycles. The number of aryl methyl sites for hydroxylation is 1. The molecule has 3 aliphatic rings. The summed E-state index contributed by atoms with van der Waals surface area (Å²) in [6, 6.07) is 3.47. The molecule has 1 aromatic carbocycles. The molecule has 4 heterocycles. The number of piperazine rings is 1. The van der Waals surface area contributed by atoms with Crippen LogP contribution < -0.4 is 0 Å². The molecule has 39 heavy (non-hydrogen) atoms. The zero-order chi connectivity index (χ0) is 28.3. The number of nitrogens with zero attached hydrogens (tertiary/aromatic N) is 5. The lowest BCUT2D eigenvalue weighted by atomic mass is 9.92. The third kappa shape index (κ3) is 4.93. The zero-order valence-corrected chi connectivity index (χ0v) is 21.9. The Morgan fingerprint density at radius 3 is 2.51 bits per heavy atom. The number of carbonyl (C=O) groups excluding carboxylic acids is 2. The van der Waals surface area contributed by atoms with E-state index in [1.807, 2.05) is 0 Å². The molecule has 7 nitrogen and oxygen atoms in total. The minimum Gasteiger partial charge on any atom is -0.334 e. The minimum absolute atomic E-state index is 0.0235. The van der Waals surface area contributed by atoms with Crippen LogP contribution in [-0.2, 0) is 17.8 Å². The van der Waals surface area contributed by atoms with E-state index in [-0.39, 0.29) is 54.1 Å². The van der Waals surface area contributed by atoms with E-state index in [1.165, 1.54) is 14.5 Å². The second kappa shape index (κ2) is 9.88. The number of aromatic nitrogens is 2. The van der Waals surface area contributed by atoms with Crippen LogP contribution in [0.5, 0.6) is 0 Å². The summed E-state index contributed by atoms with van der Waals surface area (Å²) >= 11 is 6.37. The first-order valence-corrected chi connectivity index (χ1v) is 13.0. The summed E-state index contributed by atoms with van der Waals surface area (Å²) in [5, 5.41) is 4.53. The van der Waals surface area contributed by atoms with E-state index in [0.717, 1.165) is 11.0 Å². The number of amides is 2. The molecule has 0 radical (unpaired) electrons. The molecule has 0 unspecified atom stereocenters. The van der Waals surface area contributed by atoms with Crippen molar-refractivity contribution in [2.45, 2.75) is 56.5 Å². The summed E-state index contributed by atoms with van der Waals surface area (Å²) in [6.45, 7) is 4.36. The second-order valence-electron chi connectivity index (χ2n) is 10.2. The number of fused-ring (bicyclic) bond motifs is 1. The van der Waals surface area contributed by atoms with Gasteiger partial charge in [-0.05, 0) is 19.1 Å². The Balaban J connectivity index is 1.46. The maximum Gasteiger partial charge on any atom is 0.405 e. The summed E-state index contributed by atoms with van der Waals surface area (Å²) in [7, 11) is 0. The van der Waals surface area contributed by atoms with Crippen LogP contribution in [0.15, 0.2) is 36.9 Å². The van der Waals surface area contributed by atoms with E-state index < -0.39 is 55.5 Å². The summed E-state index contributed by atoms with van der Waals surface area (Å²) in [5.74, 6) is -4.13. The fraction of sp³-hybridized carbons (Fsp3) is 0.500. The van der Waals surface area contributed by atoms with Crippen molar-refractivity contribution in [1.82, 2.24) is 24.5 Å². The topological polar surface area (TPSA) is 61.7 Å². The molecule has 2 fully saturated rings. The molecule has 2 aromatic rings. The zero-order valence-electron chi connectivity index (χ0n) is 21.1. The molecule has 0 saturated carbocycles. The first-order chi connectivity index (χ1) is 18.3. The molecule has 2 amide bonds. The van der Waals surface area contributed by atoms with Crippen LogP contribution in [0.1, 0.15) is 29.5 Å². The number of halogens is 6. The Kier molecular flexibility index (Phi) is 6.99. The number of rotatable bonds is 4. The lowest BCUT2D eigenvalue weighted by Gasteiger charge is -2.55. The molecule has 0 aliphatic carbocycles. The van der Waals surface area contributed by atoms with E-state index in [4.69, 9.17) is 11.6 Å². The predicted octanol–water partition coefficient (Wildman–Crippen LogP) is 4.26. The molecule has 13 heteroatoms. The Hall–Kier alpha value is -2.99. The molecule has 3 atom stereocenters. The fourth-order valence-corrected chi connectivity index (χ4v) is 5.99. The first-order valence-electron chi connectivity index (χ1n) is 12.6. The molecule has 0 bridgehead atoms. The number of benzene rings is 1. The van der Waals surface area contributed by atoms with Gasteiger partial charge in [0.15, 0.2) is 5.69 Å². The highest BCUT2D eigenvalue weighted by molar-refractivity contribution is 6.33. The summed E-state index contributed by atoms with van der Waals surface area (Å²) in [6.07, 6.45) is -4.65. The number of carbonyl (C=O) groups is 2. The van der Waals surface area contributed by atoms with Gasteiger partial charge in [0.05, 0.1) is 12.1 Å². The van der Waals surface area contributed by atoms with Gasteiger partial charge in [-0.2, -0.15) is 18.3 Å². The SMILES string of the molecule is C=CC(=O)N1C[C@@H](N2CCN(C(=O)c3nn4c(c3-c3ccccc3Cl)CC(F)(F)CC4)C[C@H]2C(F)(F)F)[C@H]1C. The van der Waals surface area contributed by atoms with Gasteiger partial charge in [0.25, 0.3) is 11.8 Å². The molecule has 0 N–H and O–H groups in total. The highest BCUT2D eigenvalue weighted by atomic mass is 35.5. The minimum atomic E-state index is -4.65. The predicted molar refractivity (Wildman–Crippen MR) is 134 cm³/mol. The number of hydrogen-bond donors (Lipinski definition) is 0. The fourth-order valence-electron chi connectivity index (χ4n) is 5.76. The van der Waals surface area contributed by atoms with Crippen molar-refractivity contribution in [3.8, 4) is 11.1 Å². The van der Waals surface area contributed by atoms with Crippen molar-refractivity contribution in [3.63, 3.8) is 0 Å². The van der Waals surface area contributed by atoms with Crippen LogP contribution in [0, 0.1) is 0 Å². The molecule has 210 valence electrons. The van der Waals surface area contributed by atoms with Crippen molar-refractivity contribution in [2.75, 3.05) is 26.2 Å². The third-order valence-electron chi connectivity index (χ3n) is 7.92. The van der Waals surface area contributed by atoms with E-state index in [2.05, 4.69) is 11.7 Å². The van der Waals surface area contributed by atoms with Gasteiger partial charge < -0.3 is 9.80 Å².